The first-order chi connectivity index (χ1) is 66.2. The van der Waals surface area contributed by atoms with Crippen LogP contribution in [0, 0.1) is 0 Å². The predicted molar refractivity (Wildman–Crippen MR) is 574 cm³/mol. The van der Waals surface area contributed by atoms with Crippen LogP contribution in [0.3, 0.4) is 0 Å². The molecule has 135 heavy (non-hydrogen) atoms. The molecule has 5 atom stereocenters. The molecule has 776 valence electrons. The van der Waals surface area contributed by atoms with E-state index in [1.54, 1.807) is 0 Å². The maximum atomic E-state index is 13.2. The summed E-state index contributed by atoms with van der Waals surface area (Å²) in [4.78, 5) is 59.4. The van der Waals surface area contributed by atoms with Gasteiger partial charge in [-0.05, 0) is 161 Å². The van der Waals surface area contributed by atoms with Crippen molar-refractivity contribution in [1.29, 1.82) is 0 Å². The number of hydrogen-bond donors (Lipinski definition) is 4. The van der Waals surface area contributed by atoms with E-state index >= 15 is 0 Å². The number of esters is 3. The quantitative estimate of drug-likeness (QED) is 0.0146. The lowest BCUT2D eigenvalue weighted by atomic mass is 10.0. The number of rotatable bonds is 104. The second kappa shape index (κ2) is 107. The van der Waals surface area contributed by atoms with Gasteiger partial charge >= 0.3 is 33.6 Å². The zero-order valence-electron chi connectivity index (χ0n) is 86.3. The van der Waals surface area contributed by atoms with Crippen molar-refractivity contribution in [3.63, 3.8) is 0 Å². The number of unbranched alkanes of at least 4 members (excludes halogenated alkanes) is 51. The van der Waals surface area contributed by atoms with E-state index in [9.17, 15) is 43.5 Å². The lowest BCUT2D eigenvalue weighted by molar-refractivity contribution is -0.161. The minimum Gasteiger partial charge on any atom is -0.463 e. The van der Waals surface area contributed by atoms with Crippen LogP contribution in [0.5, 0.6) is 0 Å². The molecular formula is C117H202O16P2. The smallest absolute Gasteiger partial charge is 0.463 e. The SMILES string of the molecule is CC/C=C\C/C=C\C/C=C\C/C=C\C/C=C\C/C=C\CCCCCCCCCCCCCCCCCCC(=O)OCC(O)COP(=O)(O)OCC(O)COP(=O)(O)OCC(COC(=O)CCCCCCCCCCCCCCCCCCC/C=C\C/C=C\C/C=C\C/C=C\C/C=C\CC)OC(=O)CCCCCCCCCCCCCCCCC/C=C\C/C=C\C/C=C\C/C=C\CCCCC. The summed E-state index contributed by atoms with van der Waals surface area (Å²) in [5.41, 5.74) is 0. The first-order valence-corrected chi connectivity index (χ1v) is 58.1. The number of aliphatic hydroxyl groups excluding tert-OH is 2. The van der Waals surface area contributed by atoms with E-state index in [0.29, 0.717) is 19.3 Å². The van der Waals surface area contributed by atoms with Crippen LogP contribution in [0.4, 0.5) is 0 Å². The fourth-order valence-electron chi connectivity index (χ4n) is 15.4. The molecule has 0 rings (SSSR count). The Morgan fingerprint density at radius 3 is 0.622 bits per heavy atom. The summed E-state index contributed by atoms with van der Waals surface area (Å²) in [5, 5.41) is 20.8. The molecule has 0 amide bonds. The molecule has 5 unspecified atom stereocenters. The fraction of sp³-hybridized carbons (Fsp3) is 0.718. The molecule has 0 aliphatic rings. The Hall–Kier alpha value is -5.35. The highest BCUT2D eigenvalue weighted by molar-refractivity contribution is 7.47. The van der Waals surface area contributed by atoms with Crippen LogP contribution in [0.1, 0.15) is 483 Å². The Balaban J connectivity index is 4.59. The van der Waals surface area contributed by atoms with Gasteiger partial charge in [0.1, 0.15) is 25.4 Å². The van der Waals surface area contributed by atoms with Crippen molar-refractivity contribution in [1.82, 2.24) is 0 Å². The van der Waals surface area contributed by atoms with Gasteiger partial charge in [-0.3, -0.25) is 32.5 Å². The van der Waals surface area contributed by atoms with Gasteiger partial charge < -0.3 is 34.2 Å². The summed E-state index contributed by atoms with van der Waals surface area (Å²) >= 11 is 0. The van der Waals surface area contributed by atoms with E-state index in [2.05, 4.69) is 203 Å². The topological polar surface area (TPSA) is 231 Å². The molecule has 0 bridgehead atoms. The number of allylic oxidation sites excluding steroid dienone is 30. The maximum Gasteiger partial charge on any atom is 0.472 e. The van der Waals surface area contributed by atoms with Gasteiger partial charge in [0.2, 0.25) is 0 Å². The fourth-order valence-corrected chi connectivity index (χ4v) is 16.9. The minimum atomic E-state index is -4.95. The van der Waals surface area contributed by atoms with E-state index < -0.39 is 91.5 Å². The maximum absolute atomic E-state index is 13.2. The van der Waals surface area contributed by atoms with Gasteiger partial charge in [0.05, 0.1) is 26.4 Å². The highest BCUT2D eigenvalue weighted by Gasteiger charge is 2.30. The second-order valence-corrected chi connectivity index (χ2v) is 39.6. The van der Waals surface area contributed by atoms with E-state index in [4.69, 9.17) is 32.3 Å². The molecule has 0 aromatic heterocycles. The third-order valence-electron chi connectivity index (χ3n) is 23.6. The number of hydrogen-bond acceptors (Lipinski definition) is 14. The third-order valence-corrected chi connectivity index (χ3v) is 25.5. The number of phosphoric acid groups is 2. The van der Waals surface area contributed by atoms with Crippen molar-refractivity contribution in [3.8, 4) is 0 Å². The average molecular weight is 1930 g/mol. The molecule has 0 aromatic carbocycles. The minimum absolute atomic E-state index is 0.103. The Morgan fingerprint density at radius 1 is 0.215 bits per heavy atom. The van der Waals surface area contributed by atoms with E-state index in [0.717, 1.165) is 154 Å². The first kappa shape index (κ1) is 130. The summed E-state index contributed by atoms with van der Waals surface area (Å²) in [6, 6.07) is 0. The van der Waals surface area contributed by atoms with Crippen LogP contribution in [-0.2, 0) is 55.8 Å². The largest absolute Gasteiger partial charge is 0.472 e. The molecule has 0 radical (unpaired) electrons. The summed E-state index contributed by atoms with van der Waals surface area (Å²) in [5.74, 6) is -1.55. The molecule has 0 aromatic rings. The molecular weight excluding hydrogens is 1720 g/mol. The Labute approximate surface area is 827 Å². The molecule has 0 heterocycles. The molecule has 16 nitrogen and oxygen atoms in total. The number of phosphoric ester groups is 2. The lowest BCUT2D eigenvalue weighted by Crippen LogP contribution is -2.30. The van der Waals surface area contributed by atoms with E-state index in [-0.39, 0.29) is 19.3 Å². The van der Waals surface area contributed by atoms with Crippen molar-refractivity contribution in [2.45, 2.75) is 501 Å². The number of aliphatic hydroxyl groups is 2. The highest BCUT2D eigenvalue weighted by atomic mass is 31.2. The van der Waals surface area contributed by atoms with Crippen molar-refractivity contribution in [3.05, 3.63) is 182 Å². The van der Waals surface area contributed by atoms with Gasteiger partial charge in [0, 0.05) is 19.3 Å². The Morgan fingerprint density at radius 2 is 0.393 bits per heavy atom. The molecule has 0 aliphatic carbocycles. The second-order valence-electron chi connectivity index (χ2n) is 36.7. The molecule has 0 saturated heterocycles. The van der Waals surface area contributed by atoms with Crippen LogP contribution in [0.2, 0.25) is 0 Å². The average Bonchev–Trinajstić information content (AvgIpc) is 0.900. The monoisotopic (exact) mass is 1930 g/mol. The molecule has 0 saturated carbocycles. The zero-order valence-corrected chi connectivity index (χ0v) is 88.1. The summed E-state index contributed by atoms with van der Waals surface area (Å²) in [6.45, 7) is 2.52. The van der Waals surface area contributed by atoms with Gasteiger partial charge in [-0.15, -0.1) is 0 Å². The molecule has 0 aliphatic heterocycles. The number of carbonyl (C=O) groups is 3. The van der Waals surface area contributed by atoms with Crippen molar-refractivity contribution < 1.29 is 75.8 Å². The number of ether oxygens (including phenoxy) is 3. The van der Waals surface area contributed by atoms with Gasteiger partial charge in [-0.25, -0.2) is 9.13 Å². The molecule has 18 heteroatoms. The summed E-state index contributed by atoms with van der Waals surface area (Å²) in [7, 11) is -9.82. The normalized spacial score (nSPS) is 14.3. The third kappa shape index (κ3) is 109. The highest BCUT2D eigenvalue weighted by Crippen LogP contribution is 2.45. The standard InChI is InChI=1S/C117H202O16P2/c1-4-7-10-13-16-19-22-25-28-31-34-37-40-43-46-49-52-54-55-57-60-61-64-67-70-73-76-79-82-85-88-91-94-97-100-103-115(120)127-106-112(118)107-129-134(123,124)130-108-113(119)109-131-135(125,126)132-111-114(133-117(122)105-102-99-96-93-90-87-84-81-78-75-72-69-66-63-58-51-48-45-42-39-36-33-30-27-24-21-18-15-12-9-6-3)110-128-116(121)104-101-98-95-92-89-86-83-80-77-74-71-68-65-62-59-56-53-50-47-44-41-38-35-32-29-26-23-20-17-14-11-8-5-2/h7-8,10-11,16-21,25-30,34-39,43-48,52,54,112-114,118-119H,4-6,9,12-15,22-24,31-33,40-42,49-51,53,55-111H2,1-3H3,(H,123,124)(H,125,126)/b10-7-,11-8-,19-16-,20-17-,21-18-,28-25-,29-26-,30-27-,37-34-,38-35-,39-36-,46-43-,47-44-,48-45-,54-52-. The van der Waals surface area contributed by atoms with Crippen molar-refractivity contribution in [2.75, 3.05) is 39.6 Å². The summed E-state index contributed by atoms with van der Waals surface area (Å²) < 4.78 is 61.8. The van der Waals surface area contributed by atoms with Gasteiger partial charge in [-0.1, -0.05) is 486 Å². The van der Waals surface area contributed by atoms with Crippen LogP contribution in [-0.4, -0.2) is 95.9 Å². The molecule has 0 spiro atoms. The van der Waals surface area contributed by atoms with Gasteiger partial charge in [0.15, 0.2) is 6.10 Å². The van der Waals surface area contributed by atoms with E-state index in [1.807, 2.05) is 0 Å². The number of carbonyl (C=O) groups excluding carboxylic acids is 3. The zero-order chi connectivity index (χ0) is 97.8. The predicted octanol–water partition coefficient (Wildman–Crippen LogP) is 35.5. The van der Waals surface area contributed by atoms with Gasteiger partial charge in [-0.2, -0.15) is 0 Å². The Bertz CT molecular complexity index is 3190. The van der Waals surface area contributed by atoms with Crippen LogP contribution in [0.15, 0.2) is 182 Å². The van der Waals surface area contributed by atoms with Crippen LogP contribution in [0.25, 0.3) is 0 Å². The lowest BCUT2D eigenvalue weighted by Gasteiger charge is -2.21. The van der Waals surface area contributed by atoms with Crippen molar-refractivity contribution >= 4 is 33.6 Å². The van der Waals surface area contributed by atoms with E-state index in [1.165, 1.54) is 270 Å². The van der Waals surface area contributed by atoms with Gasteiger partial charge in [0.25, 0.3) is 0 Å². The summed E-state index contributed by atoms with van der Waals surface area (Å²) in [6.07, 6.45) is 144. The van der Waals surface area contributed by atoms with Crippen LogP contribution < -0.4 is 0 Å². The Kier molecular flexibility index (Phi) is 103. The molecule has 0 fully saturated rings. The molecule has 4 N–H and O–H groups in total. The first-order valence-electron chi connectivity index (χ1n) is 55.1. The van der Waals surface area contributed by atoms with Crippen LogP contribution >= 0.6 is 15.6 Å². The van der Waals surface area contributed by atoms with Crippen molar-refractivity contribution in [2.24, 2.45) is 0 Å².